The van der Waals surface area contributed by atoms with Crippen LogP contribution in [0.1, 0.15) is 38.9 Å². The molecule has 0 aliphatic heterocycles. The molecule has 7 heteroatoms. The van der Waals surface area contributed by atoms with E-state index in [-0.39, 0.29) is 0 Å². The van der Waals surface area contributed by atoms with Gasteiger partial charge in [-0.3, -0.25) is 0 Å². The van der Waals surface area contributed by atoms with Crippen molar-refractivity contribution in [2.75, 3.05) is 0 Å². The standard InChI is InChI=1S/C39H35F3N4/c1-24-15-26(3)37(27(4)16-24)45-22-43(33-11-7-9-13-35(33)45)31-19-30(39(40,41)42)20-32(21-31)44-23-46(36-14-10-8-12-34(36)44)38-28(5)17-25(2)18-29(38)6/h7-23H,1-6H3/q+2. The van der Waals surface area contributed by atoms with Gasteiger partial charge in [0.05, 0.1) is 5.56 Å². The summed E-state index contributed by atoms with van der Waals surface area (Å²) in [5.74, 6) is 0. The molecule has 0 N–H and O–H groups in total. The summed E-state index contributed by atoms with van der Waals surface area (Å²) >= 11 is 0. The van der Waals surface area contributed by atoms with Crippen LogP contribution in [0.5, 0.6) is 0 Å². The summed E-state index contributed by atoms with van der Waals surface area (Å²) in [6, 6.07) is 28.5. The van der Waals surface area contributed by atoms with Crippen LogP contribution in [0.25, 0.3) is 44.8 Å². The van der Waals surface area contributed by atoms with E-state index in [4.69, 9.17) is 0 Å². The van der Waals surface area contributed by atoms with Crippen molar-refractivity contribution in [3.63, 3.8) is 0 Å². The number of para-hydroxylation sites is 4. The van der Waals surface area contributed by atoms with Crippen molar-refractivity contribution < 1.29 is 22.3 Å². The number of halogens is 3. The van der Waals surface area contributed by atoms with E-state index in [9.17, 15) is 13.2 Å². The summed E-state index contributed by atoms with van der Waals surface area (Å²) in [6.07, 6.45) is -0.736. The van der Waals surface area contributed by atoms with E-state index >= 15 is 0 Å². The smallest absolute Gasteiger partial charge is 0.194 e. The number of hydrogen-bond acceptors (Lipinski definition) is 0. The first-order chi connectivity index (χ1) is 21.9. The minimum absolute atomic E-state index is 0.425. The second-order valence-electron chi connectivity index (χ2n) is 12.4. The van der Waals surface area contributed by atoms with Crippen LogP contribution in [0.15, 0.2) is 104 Å². The first kappa shape index (κ1) is 29.5. The number of alkyl halides is 3. The molecule has 0 atom stereocenters. The molecule has 0 bridgehead atoms. The first-order valence-electron chi connectivity index (χ1n) is 15.3. The quantitative estimate of drug-likeness (QED) is 0.176. The zero-order valence-corrected chi connectivity index (χ0v) is 26.7. The lowest BCUT2D eigenvalue weighted by molar-refractivity contribution is -0.568. The van der Waals surface area contributed by atoms with Crippen molar-refractivity contribution in [1.82, 2.24) is 9.13 Å². The molecule has 7 rings (SSSR count). The highest BCUT2D eigenvalue weighted by Crippen LogP contribution is 2.34. The largest absolute Gasteiger partial charge is 0.416 e. The number of aromatic nitrogens is 4. The Kier molecular flexibility index (Phi) is 6.89. The molecular weight excluding hydrogens is 581 g/mol. The van der Waals surface area contributed by atoms with Crippen LogP contribution in [-0.4, -0.2) is 9.13 Å². The molecule has 0 fully saturated rings. The van der Waals surface area contributed by atoms with Crippen LogP contribution in [0.2, 0.25) is 0 Å². The van der Waals surface area contributed by atoms with Crippen molar-refractivity contribution in [1.29, 1.82) is 0 Å². The van der Waals surface area contributed by atoms with E-state index in [2.05, 4.69) is 74.9 Å². The van der Waals surface area contributed by atoms with Gasteiger partial charge in [-0.1, -0.05) is 59.7 Å². The summed E-state index contributed by atoms with van der Waals surface area (Å²) in [5.41, 5.74) is 12.3. The number of fused-ring (bicyclic) bond motifs is 2. The molecule has 0 aliphatic rings. The predicted molar refractivity (Wildman–Crippen MR) is 177 cm³/mol. The Labute approximate surface area is 266 Å². The average molecular weight is 617 g/mol. The Balaban J connectivity index is 1.50. The molecule has 5 aromatic carbocycles. The van der Waals surface area contributed by atoms with E-state index in [0.717, 1.165) is 66.8 Å². The molecule has 4 nitrogen and oxygen atoms in total. The molecule has 0 spiro atoms. The summed E-state index contributed by atoms with van der Waals surface area (Å²) in [7, 11) is 0. The van der Waals surface area contributed by atoms with Crippen LogP contribution in [0.4, 0.5) is 13.2 Å². The maximum atomic E-state index is 14.6. The molecule has 0 amide bonds. The van der Waals surface area contributed by atoms with Crippen molar-refractivity contribution in [2.24, 2.45) is 0 Å². The minimum atomic E-state index is -4.54. The number of rotatable bonds is 4. The number of hydrogen-bond donors (Lipinski definition) is 0. The van der Waals surface area contributed by atoms with Gasteiger partial charge in [-0.2, -0.15) is 31.4 Å². The van der Waals surface area contributed by atoms with Crippen LogP contribution in [0.3, 0.4) is 0 Å². The van der Waals surface area contributed by atoms with Gasteiger partial charge < -0.3 is 0 Å². The Hall–Kier alpha value is -5.17. The average Bonchev–Trinajstić information content (AvgIpc) is 3.55. The highest BCUT2D eigenvalue weighted by atomic mass is 19.4. The third-order valence-electron chi connectivity index (χ3n) is 8.80. The van der Waals surface area contributed by atoms with Crippen LogP contribution in [-0.2, 0) is 6.18 Å². The Morgan fingerprint density at radius 1 is 0.500 bits per heavy atom. The van der Waals surface area contributed by atoms with Crippen molar-refractivity contribution in [3.05, 3.63) is 143 Å². The van der Waals surface area contributed by atoms with Gasteiger partial charge in [0.2, 0.25) is 0 Å². The zero-order chi connectivity index (χ0) is 32.5. The molecule has 0 radical (unpaired) electrons. The fourth-order valence-electron chi connectivity index (χ4n) is 7.13. The van der Waals surface area contributed by atoms with Gasteiger partial charge in [0.15, 0.2) is 22.1 Å². The summed E-state index contributed by atoms with van der Waals surface area (Å²) in [6.45, 7) is 12.4. The molecule has 7 aromatic rings. The lowest BCUT2D eigenvalue weighted by Gasteiger charge is -2.10. The molecule has 0 saturated heterocycles. The van der Waals surface area contributed by atoms with Gasteiger partial charge in [0, 0.05) is 6.07 Å². The number of nitrogens with zero attached hydrogens (tertiary/aromatic N) is 4. The first-order valence-corrected chi connectivity index (χ1v) is 15.3. The van der Waals surface area contributed by atoms with Crippen molar-refractivity contribution >= 4 is 22.1 Å². The van der Waals surface area contributed by atoms with E-state index in [1.807, 2.05) is 76.4 Å². The van der Waals surface area contributed by atoms with Crippen LogP contribution in [0, 0.1) is 41.5 Å². The minimum Gasteiger partial charge on any atom is -0.194 e. The van der Waals surface area contributed by atoms with E-state index in [0.29, 0.717) is 11.4 Å². The second-order valence-corrected chi connectivity index (χ2v) is 12.4. The molecule has 230 valence electrons. The normalized spacial score (nSPS) is 12.0. The number of aryl methyl sites for hydroxylation is 6. The molecule has 0 aliphatic carbocycles. The maximum Gasteiger partial charge on any atom is 0.416 e. The second kappa shape index (κ2) is 10.7. The third kappa shape index (κ3) is 4.87. The fourth-order valence-corrected chi connectivity index (χ4v) is 7.13. The van der Waals surface area contributed by atoms with Gasteiger partial charge in [0.1, 0.15) is 22.7 Å². The Morgan fingerprint density at radius 2 is 0.870 bits per heavy atom. The number of benzene rings is 5. The van der Waals surface area contributed by atoms with Gasteiger partial charge in [-0.05, 0) is 100 Å². The Morgan fingerprint density at radius 3 is 1.24 bits per heavy atom. The third-order valence-corrected chi connectivity index (χ3v) is 8.80. The van der Waals surface area contributed by atoms with E-state index in [1.54, 1.807) is 0 Å². The topological polar surface area (TPSA) is 17.6 Å². The van der Waals surface area contributed by atoms with E-state index in [1.165, 1.54) is 12.1 Å². The molecule has 0 unspecified atom stereocenters. The summed E-state index contributed by atoms with van der Waals surface area (Å²) in [5, 5.41) is 0. The summed E-state index contributed by atoms with van der Waals surface area (Å²) in [4.78, 5) is 0. The lowest BCUT2D eigenvalue weighted by Crippen LogP contribution is -2.31. The van der Waals surface area contributed by atoms with Gasteiger partial charge >= 0.3 is 6.18 Å². The summed E-state index contributed by atoms with van der Waals surface area (Å²) < 4.78 is 51.7. The zero-order valence-electron chi connectivity index (χ0n) is 26.7. The van der Waals surface area contributed by atoms with Crippen LogP contribution >= 0.6 is 0 Å². The monoisotopic (exact) mass is 616 g/mol. The van der Waals surface area contributed by atoms with Gasteiger partial charge in [0.25, 0.3) is 12.7 Å². The lowest BCUT2D eigenvalue weighted by atomic mass is 10.0. The fraction of sp³-hybridized carbons (Fsp3) is 0.179. The van der Waals surface area contributed by atoms with Crippen molar-refractivity contribution in [2.45, 2.75) is 47.7 Å². The molecule has 2 aromatic heterocycles. The van der Waals surface area contributed by atoms with E-state index < -0.39 is 11.7 Å². The SMILES string of the molecule is Cc1cc(C)c(-[n+]2cn(-c3cc(-n4c[n+](-c5c(C)cc(C)cc5C)c5ccccc54)cc(C(F)(F)F)c3)c3ccccc32)c(C)c1. The maximum absolute atomic E-state index is 14.6. The molecule has 2 heterocycles. The van der Waals surface area contributed by atoms with Gasteiger partial charge in [-0.15, -0.1) is 0 Å². The predicted octanol–water partition coefficient (Wildman–Crippen LogP) is 9.00. The molecule has 0 saturated carbocycles. The molecular formula is C39H35F3N4+2. The van der Waals surface area contributed by atoms with Crippen LogP contribution < -0.4 is 9.13 Å². The number of imidazole rings is 2. The highest BCUT2D eigenvalue weighted by Gasteiger charge is 2.34. The highest BCUT2D eigenvalue weighted by molar-refractivity contribution is 5.77. The Bertz CT molecular complexity index is 2120. The molecule has 46 heavy (non-hydrogen) atoms. The van der Waals surface area contributed by atoms with Crippen molar-refractivity contribution in [3.8, 4) is 22.7 Å². The van der Waals surface area contributed by atoms with Gasteiger partial charge in [-0.25, -0.2) is 0 Å².